The lowest BCUT2D eigenvalue weighted by atomic mass is 10.1. The van der Waals surface area contributed by atoms with Crippen LogP contribution in [0.2, 0.25) is 0 Å². The lowest BCUT2D eigenvalue weighted by Crippen LogP contribution is -2.42. The molecular formula is C15H21N7O. The van der Waals surface area contributed by atoms with Crippen LogP contribution in [0, 0.1) is 0 Å². The Kier molecular flexibility index (Phi) is 3.60. The molecule has 1 atom stereocenters. The molecule has 8 nitrogen and oxygen atoms in total. The van der Waals surface area contributed by atoms with Gasteiger partial charge >= 0.3 is 0 Å². The van der Waals surface area contributed by atoms with Gasteiger partial charge in [-0.15, -0.1) is 0 Å². The van der Waals surface area contributed by atoms with Crippen molar-refractivity contribution >= 4 is 5.91 Å². The second kappa shape index (κ2) is 5.77. The van der Waals surface area contributed by atoms with Crippen LogP contribution >= 0.6 is 0 Å². The van der Waals surface area contributed by atoms with Crippen molar-refractivity contribution in [3.8, 4) is 0 Å². The fourth-order valence-electron chi connectivity index (χ4n) is 3.30. The standard InChI is InChI=1S/C15H21N7O/c1-2-12-18-13-4-3-9(8-22(13)21-12)17-15(23)14-10-7-16-6-5-11(10)19-20-14/h9,16H,2-8H2,1H3,(H,17,23)(H,19,20). The van der Waals surface area contributed by atoms with Gasteiger partial charge in [-0.05, 0) is 6.42 Å². The third kappa shape index (κ3) is 2.63. The van der Waals surface area contributed by atoms with Crippen LogP contribution in [0.4, 0.5) is 0 Å². The highest BCUT2D eigenvalue weighted by atomic mass is 16.2. The molecule has 0 radical (unpaired) electrons. The maximum atomic E-state index is 12.6. The zero-order chi connectivity index (χ0) is 15.8. The van der Waals surface area contributed by atoms with Gasteiger partial charge in [0.1, 0.15) is 5.82 Å². The third-order valence-electron chi connectivity index (χ3n) is 4.57. The van der Waals surface area contributed by atoms with Gasteiger partial charge in [-0.2, -0.15) is 10.2 Å². The number of nitrogens with one attached hydrogen (secondary N) is 3. The fourth-order valence-corrected chi connectivity index (χ4v) is 3.30. The minimum absolute atomic E-state index is 0.0744. The van der Waals surface area contributed by atoms with E-state index in [0.29, 0.717) is 18.8 Å². The largest absolute Gasteiger partial charge is 0.346 e. The highest BCUT2D eigenvalue weighted by molar-refractivity contribution is 5.94. The molecule has 23 heavy (non-hydrogen) atoms. The topological polar surface area (TPSA) is 101 Å². The summed E-state index contributed by atoms with van der Waals surface area (Å²) >= 11 is 0. The number of carbonyl (C=O) groups excluding carboxylic acids is 1. The van der Waals surface area contributed by atoms with Crippen molar-refractivity contribution in [2.45, 2.75) is 51.7 Å². The van der Waals surface area contributed by atoms with E-state index in [-0.39, 0.29) is 11.9 Å². The molecule has 8 heteroatoms. The van der Waals surface area contributed by atoms with Gasteiger partial charge in [-0.3, -0.25) is 9.89 Å². The van der Waals surface area contributed by atoms with Crippen LogP contribution in [0.15, 0.2) is 0 Å². The van der Waals surface area contributed by atoms with Gasteiger partial charge in [0, 0.05) is 49.7 Å². The van der Waals surface area contributed by atoms with Crippen LogP contribution in [0.3, 0.4) is 0 Å². The summed E-state index contributed by atoms with van der Waals surface area (Å²) in [4.78, 5) is 17.1. The van der Waals surface area contributed by atoms with Gasteiger partial charge in [0.2, 0.25) is 0 Å². The first-order valence-electron chi connectivity index (χ1n) is 8.25. The quantitative estimate of drug-likeness (QED) is 0.737. The smallest absolute Gasteiger partial charge is 0.272 e. The van der Waals surface area contributed by atoms with E-state index in [2.05, 4.69) is 37.8 Å². The Balaban J connectivity index is 1.46. The molecule has 2 aromatic heterocycles. The van der Waals surface area contributed by atoms with E-state index >= 15 is 0 Å². The predicted octanol–water partition coefficient (Wildman–Crippen LogP) is -0.0459. The van der Waals surface area contributed by atoms with Gasteiger partial charge in [0.25, 0.3) is 5.91 Å². The van der Waals surface area contributed by atoms with Gasteiger partial charge in [-0.1, -0.05) is 6.92 Å². The number of aromatic nitrogens is 5. The molecule has 2 aliphatic heterocycles. The van der Waals surface area contributed by atoms with Crippen molar-refractivity contribution in [3.05, 3.63) is 28.6 Å². The van der Waals surface area contributed by atoms with Gasteiger partial charge in [0.15, 0.2) is 11.5 Å². The Hall–Kier alpha value is -2.22. The molecule has 0 spiro atoms. The first-order chi connectivity index (χ1) is 11.2. The zero-order valence-electron chi connectivity index (χ0n) is 13.2. The molecule has 0 aromatic carbocycles. The van der Waals surface area contributed by atoms with Crippen molar-refractivity contribution in [2.75, 3.05) is 6.54 Å². The predicted molar refractivity (Wildman–Crippen MR) is 83.0 cm³/mol. The number of aromatic amines is 1. The average molecular weight is 315 g/mol. The van der Waals surface area contributed by atoms with E-state index in [1.165, 1.54) is 0 Å². The number of nitrogens with zero attached hydrogens (tertiary/aromatic N) is 4. The van der Waals surface area contributed by atoms with Gasteiger partial charge < -0.3 is 10.6 Å². The Morgan fingerprint density at radius 2 is 2.35 bits per heavy atom. The summed E-state index contributed by atoms with van der Waals surface area (Å²) in [6.07, 6.45) is 3.46. The summed E-state index contributed by atoms with van der Waals surface area (Å²) in [6.45, 7) is 4.36. The molecule has 1 amide bonds. The van der Waals surface area contributed by atoms with Crippen LogP contribution in [-0.4, -0.2) is 43.5 Å². The van der Waals surface area contributed by atoms with E-state index in [1.807, 2.05) is 4.68 Å². The molecule has 0 bridgehead atoms. The molecule has 0 saturated heterocycles. The molecule has 2 aliphatic rings. The van der Waals surface area contributed by atoms with Crippen LogP contribution in [0.25, 0.3) is 0 Å². The Bertz CT molecular complexity index is 732. The highest BCUT2D eigenvalue weighted by Crippen LogP contribution is 2.17. The Labute approximate surface area is 134 Å². The summed E-state index contributed by atoms with van der Waals surface area (Å²) in [6, 6.07) is 0.0744. The van der Waals surface area contributed by atoms with Crippen LogP contribution in [0.1, 0.15) is 46.7 Å². The molecule has 0 aliphatic carbocycles. The minimum atomic E-state index is -0.101. The normalized spacial score (nSPS) is 20.0. The van der Waals surface area contributed by atoms with E-state index in [1.54, 1.807) is 0 Å². The number of fused-ring (bicyclic) bond motifs is 2. The Morgan fingerprint density at radius 1 is 1.43 bits per heavy atom. The molecular weight excluding hydrogens is 294 g/mol. The zero-order valence-corrected chi connectivity index (χ0v) is 13.2. The van der Waals surface area contributed by atoms with Crippen molar-refractivity contribution < 1.29 is 4.79 Å². The second-order valence-electron chi connectivity index (χ2n) is 6.15. The number of rotatable bonds is 3. The molecule has 0 fully saturated rings. The molecule has 1 unspecified atom stereocenters. The Morgan fingerprint density at radius 3 is 3.22 bits per heavy atom. The first-order valence-corrected chi connectivity index (χ1v) is 8.25. The summed E-state index contributed by atoms with van der Waals surface area (Å²) < 4.78 is 1.93. The van der Waals surface area contributed by atoms with Crippen molar-refractivity contribution in [1.29, 1.82) is 0 Å². The number of hydrogen-bond donors (Lipinski definition) is 3. The maximum Gasteiger partial charge on any atom is 0.272 e. The van der Waals surface area contributed by atoms with Gasteiger partial charge in [0.05, 0.1) is 6.54 Å². The number of aryl methyl sites for hydroxylation is 2. The second-order valence-corrected chi connectivity index (χ2v) is 6.15. The summed E-state index contributed by atoms with van der Waals surface area (Å²) in [7, 11) is 0. The SMILES string of the molecule is CCc1nc2n(n1)CC(NC(=O)c1n[nH]c3c1CNCC3)CC2. The number of carbonyl (C=O) groups is 1. The fraction of sp³-hybridized carbons (Fsp3) is 0.600. The van der Waals surface area contributed by atoms with E-state index < -0.39 is 0 Å². The first kappa shape index (κ1) is 14.4. The summed E-state index contributed by atoms with van der Waals surface area (Å²) in [5.74, 6) is 1.79. The third-order valence-corrected chi connectivity index (χ3v) is 4.57. The molecule has 3 N–H and O–H groups in total. The van der Waals surface area contributed by atoms with Crippen LogP contribution in [-0.2, 0) is 32.4 Å². The van der Waals surface area contributed by atoms with Crippen molar-refractivity contribution in [2.24, 2.45) is 0 Å². The number of H-pyrrole nitrogens is 1. The van der Waals surface area contributed by atoms with E-state index in [9.17, 15) is 4.79 Å². The molecule has 122 valence electrons. The molecule has 4 rings (SSSR count). The summed E-state index contributed by atoms with van der Waals surface area (Å²) in [5, 5.41) is 18.1. The van der Waals surface area contributed by atoms with E-state index in [4.69, 9.17) is 0 Å². The lowest BCUT2D eigenvalue weighted by molar-refractivity contribution is 0.0920. The maximum absolute atomic E-state index is 12.6. The average Bonchev–Trinajstić information content (AvgIpc) is 3.18. The molecule has 0 saturated carbocycles. The molecule has 4 heterocycles. The van der Waals surface area contributed by atoms with Crippen molar-refractivity contribution in [1.82, 2.24) is 35.6 Å². The van der Waals surface area contributed by atoms with Crippen molar-refractivity contribution in [3.63, 3.8) is 0 Å². The number of amides is 1. The van der Waals surface area contributed by atoms with Crippen LogP contribution in [0.5, 0.6) is 0 Å². The monoisotopic (exact) mass is 315 g/mol. The number of hydrogen-bond acceptors (Lipinski definition) is 5. The van der Waals surface area contributed by atoms with E-state index in [0.717, 1.165) is 55.1 Å². The molecule has 2 aromatic rings. The van der Waals surface area contributed by atoms with Crippen LogP contribution < -0.4 is 10.6 Å². The lowest BCUT2D eigenvalue weighted by Gasteiger charge is -2.23. The van der Waals surface area contributed by atoms with Gasteiger partial charge in [-0.25, -0.2) is 9.67 Å². The minimum Gasteiger partial charge on any atom is -0.346 e. The summed E-state index contributed by atoms with van der Waals surface area (Å²) in [5.41, 5.74) is 2.59. The highest BCUT2D eigenvalue weighted by Gasteiger charge is 2.26.